The largest absolute Gasteiger partial charge is 0.412 e. The zero-order chi connectivity index (χ0) is 0. The highest BCUT2D eigenvalue weighted by Gasteiger charge is 0.0000122. The molecule has 0 aromatic carbocycles. The summed E-state index contributed by atoms with van der Waals surface area (Å²) in [6.45, 7) is 0. The first-order valence-electron chi connectivity index (χ1n) is 0. The topological polar surface area (TPSA) is 66.5 Å². The highest BCUT2D eigenvalue weighted by atomic mass is 35.5. The van der Waals surface area contributed by atoms with Crippen LogP contribution in [-0.2, 0) is 0 Å². The molecule has 0 aliphatic heterocycles. The maximum atomic E-state index is 0. The summed E-state index contributed by atoms with van der Waals surface area (Å²) < 4.78 is 0. The molecule has 0 rings (SSSR count). The van der Waals surface area contributed by atoms with Crippen molar-refractivity contribution in [1.29, 1.82) is 0 Å². The smallest absolute Gasteiger partial charge is 0 e. The van der Waals surface area contributed by atoms with Gasteiger partial charge in [0.05, 0.1) is 0 Å². The van der Waals surface area contributed by atoms with Crippen LogP contribution in [0.5, 0.6) is 0 Å². The van der Waals surface area contributed by atoms with Gasteiger partial charge in [0.15, 0.2) is 0 Å². The van der Waals surface area contributed by atoms with Crippen molar-refractivity contribution < 1.29 is 5.48 Å². The number of rotatable bonds is 0. The zero-order valence-electron chi connectivity index (χ0n) is 2.12. The molecule has 0 saturated heterocycles. The Labute approximate surface area is 35.9 Å². The van der Waals surface area contributed by atoms with Crippen LogP contribution in [0.3, 0.4) is 0 Å². The van der Waals surface area contributed by atoms with Gasteiger partial charge >= 0.3 is 0 Å². The first kappa shape index (κ1) is 285. The Morgan fingerprint density at radius 1 is 1.00 bits per heavy atom. The van der Waals surface area contributed by atoms with Crippen LogP contribution in [-0.4, -0.2) is 16.4 Å². The summed E-state index contributed by atoms with van der Waals surface area (Å²) >= 11 is 0. The third-order valence-electron chi connectivity index (χ3n) is 0. The normalized spacial score (nSPS) is 0. The molecule has 0 aliphatic carbocycles. The Morgan fingerprint density at radius 3 is 1.00 bits per heavy atom. The van der Waals surface area contributed by atoms with Gasteiger partial charge in [-0.1, -0.05) is 0 Å². The van der Waals surface area contributed by atoms with Crippen LogP contribution in [0, 0.1) is 0 Å². The van der Waals surface area contributed by atoms with Crippen LogP contribution < -0.4 is 6.15 Å². The third kappa shape index (κ3) is 27.1. The van der Waals surface area contributed by atoms with Gasteiger partial charge in [-0.2, -0.15) is 0 Å². The van der Waals surface area contributed by atoms with Gasteiger partial charge < -0.3 is 11.6 Å². The molecule has 0 amide bonds. The summed E-state index contributed by atoms with van der Waals surface area (Å²) in [6.07, 6.45) is 0. The molecule has 0 aromatic heterocycles. The van der Waals surface area contributed by atoms with E-state index < -0.39 is 0 Å². The van der Waals surface area contributed by atoms with Gasteiger partial charge in [0.2, 0.25) is 0 Å². The van der Waals surface area contributed by atoms with Crippen LogP contribution in [0.15, 0.2) is 0 Å². The van der Waals surface area contributed by atoms with E-state index in [0.717, 1.165) is 0 Å². The second-order valence-electron chi connectivity index (χ2n) is 0. The summed E-state index contributed by atoms with van der Waals surface area (Å²) in [5.74, 6) is 0. The molecule has 0 atom stereocenters. The van der Waals surface area contributed by atoms with Gasteiger partial charge in [0.1, 0.15) is 0 Å². The summed E-state index contributed by atoms with van der Waals surface area (Å²) in [4.78, 5) is 0. The van der Waals surface area contributed by atoms with Gasteiger partial charge in [-0.25, -0.2) is 0 Å². The van der Waals surface area contributed by atoms with E-state index in [1.807, 2.05) is 0 Å². The maximum absolute atomic E-state index is 0. The van der Waals surface area contributed by atoms with Crippen molar-refractivity contribution in [3.05, 3.63) is 0 Å². The fourth-order valence-corrected chi connectivity index (χ4v) is 0. The van der Waals surface area contributed by atoms with Crippen LogP contribution in [0.1, 0.15) is 0 Å². The van der Waals surface area contributed by atoms with Crippen molar-refractivity contribution in [2.75, 3.05) is 0 Å². The Morgan fingerprint density at radius 2 is 1.00 bits per heavy atom. The predicted octanol–water partition coefficient (Wildman–Crippen LogP) is -0.622. The van der Waals surface area contributed by atoms with Gasteiger partial charge in [0.25, 0.3) is 0 Å². The predicted molar refractivity (Wildman–Crippen MR) is 21.6 cm³/mol. The molecule has 0 aromatic rings. The highest BCUT2D eigenvalue weighted by Crippen LogP contribution is 0.690. The van der Waals surface area contributed by atoms with E-state index in [4.69, 9.17) is 0 Å². The molecule has 28 valence electrons. The van der Waals surface area contributed by atoms with Gasteiger partial charge in [0, 0.05) is 11.0 Å². The molecule has 4 heavy (non-hydrogen) atoms. The Balaban J connectivity index is 0. The standard InChI is InChI=1S/ClH.H3N.H2O.Si/h1H;1H3;1H2;. The second kappa shape index (κ2) is 111. The van der Waals surface area contributed by atoms with E-state index in [2.05, 4.69) is 0 Å². The average Bonchev–Trinajstić information content (AvgIpc) is 0. The number of hydrogen-bond donors (Lipinski definition) is 1. The van der Waals surface area contributed by atoms with Crippen molar-refractivity contribution in [2.24, 2.45) is 0 Å². The Bertz CT molecular complexity index is 8.00. The Hall–Kier alpha value is 0.427. The average molecular weight is 99.6 g/mol. The van der Waals surface area contributed by atoms with Crippen molar-refractivity contribution >= 4 is 23.4 Å². The minimum atomic E-state index is 0. The van der Waals surface area contributed by atoms with Gasteiger partial charge in [-0.05, 0) is 0 Å². The molecule has 4 heteroatoms. The SMILES string of the molecule is Cl.N.O.[Si]. The van der Waals surface area contributed by atoms with Crippen molar-refractivity contribution in [3.63, 3.8) is 0 Å². The van der Waals surface area contributed by atoms with E-state index in [1.165, 1.54) is 0 Å². The third-order valence-corrected chi connectivity index (χ3v) is 0. The minimum absolute atomic E-state index is 0. The molecule has 5 N–H and O–H groups in total. The number of halogens is 1. The minimum Gasteiger partial charge on any atom is -0.412 e. The van der Waals surface area contributed by atoms with Crippen LogP contribution >= 0.6 is 12.4 Å². The summed E-state index contributed by atoms with van der Waals surface area (Å²) in [6, 6.07) is 0. The van der Waals surface area contributed by atoms with E-state index in [-0.39, 0.29) is 35.0 Å². The van der Waals surface area contributed by atoms with Crippen LogP contribution in [0.4, 0.5) is 0 Å². The monoisotopic (exact) mass is 99.0 g/mol. The van der Waals surface area contributed by atoms with Crippen molar-refractivity contribution in [3.8, 4) is 0 Å². The zero-order valence-corrected chi connectivity index (χ0v) is 3.93. The molecule has 0 unspecified atom stereocenters. The summed E-state index contributed by atoms with van der Waals surface area (Å²) in [7, 11) is 0. The molecule has 0 fully saturated rings. The lowest BCUT2D eigenvalue weighted by Crippen LogP contribution is -0.481. The highest BCUT2D eigenvalue weighted by molar-refractivity contribution is 5.85. The summed E-state index contributed by atoms with van der Waals surface area (Å²) in [5, 5.41) is 0. The lowest BCUT2D eigenvalue weighted by molar-refractivity contribution is 0.824. The van der Waals surface area contributed by atoms with Crippen LogP contribution in [0.25, 0.3) is 0 Å². The van der Waals surface area contributed by atoms with E-state index >= 15 is 0 Å². The summed E-state index contributed by atoms with van der Waals surface area (Å²) in [5.41, 5.74) is 0. The quantitative estimate of drug-likeness (QED) is 0.404. The van der Waals surface area contributed by atoms with Crippen LogP contribution in [0.2, 0.25) is 0 Å². The fourth-order valence-electron chi connectivity index (χ4n) is 0. The molecular weight excluding hydrogens is 93.5 g/mol. The van der Waals surface area contributed by atoms with E-state index in [0.29, 0.717) is 0 Å². The fraction of sp³-hybridized carbons (Fsp3) is 0. The Kier molecular flexibility index (Phi) is 7900. The lowest BCUT2D eigenvalue weighted by Gasteiger charge is -0.412. The molecule has 0 bridgehead atoms. The van der Waals surface area contributed by atoms with E-state index in [9.17, 15) is 0 Å². The molecule has 0 heterocycles. The number of hydrogen-bond acceptors (Lipinski definition) is 1. The van der Waals surface area contributed by atoms with Crippen molar-refractivity contribution in [1.82, 2.24) is 6.15 Å². The van der Waals surface area contributed by atoms with Gasteiger partial charge in [-0.3, -0.25) is 0 Å². The maximum Gasteiger partial charge on any atom is 0 e. The first-order valence-corrected chi connectivity index (χ1v) is 0. The van der Waals surface area contributed by atoms with Crippen molar-refractivity contribution in [2.45, 2.75) is 0 Å². The second-order valence-corrected chi connectivity index (χ2v) is 0. The first-order chi connectivity index (χ1) is 0. The molecule has 0 saturated carbocycles. The molecular formula is H6ClNOSi. The van der Waals surface area contributed by atoms with E-state index in [1.54, 1.807) is 0 Å². The molecule has 4 radical (unpaired) electrons. The lowest BCUT2D eigenvalue weighted by atomic mass is 14.0. The molecule has 2 nitrogen and oxygen atoms in total. The van der Waals surface area contributed by atoms with Gasteiger partial charge in [-0.15, -0.1) is 12.4 Å². The molecule has 0 spiro atoms. The molecule has 0 aliphatic rings.